The maximum absolute atomic E-state index is 13.6. The number of carboxylic acid groups (broad SMARTS) is 1. The number of ether oxygens (including phenoxy) is 1. The standard InChI is InChI=1S/C19H19BrF3N3O5/c1-3-31-17(28)15(16(27)13-5-4-6-25(13)18(29)30)26-8-10-11(19(21,22)23)7-12(20)9(2)14(10)24-26/h7-8,13,15H,3-6H2,1-2H3,(H,29,30)/t13-,15?/m1/s1. The first-order chi connectivity index (χ1) is 14.5. The van der Waals surface area contributed by atoms with Gasteiger partial charge in [0, 0.05) is 22.6 Å². The van der Waals surface area contributed by atoms with Gasteiger partial charge in [-0.2, -0.15) is 18.3 Å². The second-order valence-electron chi connectivity index (χ2n) is 7.09. The summed E-state index contributed by atoms with van der Waals surface area (Å²) in [6, 6.07) is -1.92. The van der Waals surface area contributed by atoms with Crippen LogP contribution in [0.4, 0.5) is 18.0 Å². The SMILES string of the molecule is CCOC(=O)C(C(=O)[C@H]1CCCN1C(=O)O)n1cc2c(C(F)(F)F)cc(Br)c(C)c2n1. The summed E-state index contributed by atoms with van der Waals surface area (Å²) < 4.78 is 46.7. The van der Waals surface area contributed by atoms with Crippen LogP contribution in [-0.4, -0.2) is 56.8 Å². The number of ketones is 1. The number of halogens is 4. The number of alkyl halides is 3. The molecule has 2 atom stereocenters. The Morgan fingerprint density at radius 1 is 1.39 bits per heavy atom. The number of benzene rings is 1. The lowest BCUT2D eigenvalue weighted by atomic mass is 10.0. The molecule has 1 aromatic carbocycles. The van der Waals surface area contributed by atoms with E-state index in [1.807, 2.05) is 0 Å². The number of carbonyl (C=O) groups is 3. The quantitative estimate of drug-likeness (QED) is 0.487. The highest BCUT2D eigenvalue weighted by atomic mass is 79.9. The van der Waals surface area contributed by atoms with Crippen molar-refractivity contribution < 1.29 is 37.4 Å². The number of nitrogens with zero attached hydrogens (tertiary/aromatic N) is 3. The van der Waals surface area contributed by atoms with Crippen LogP contribution in [0.15, 0.2) is 16.7 Å². The topological polar surface area (TPSA) is 102 Å². The predicted molar refractivity (Wildman–Crippen MR) is 106 cm³/mol. The third-order valence-corrected chi connectivity index (χ3v) is 6.01. The lowest BCUT2D eigenvalue weighted by Crippen LogP contribution is -2.45. The highest BCUT2D eigenvalue weighted by Crippen LogP contribution is 2.39. The number of Topliss-reactive ketones (excluding diaryl/α,β-unsaturated/α-hetero) is 1. The number of amides is 1. The molecule has 8 nitrogen and oxygen atoms in total. The molecule has 0 aliphatic carbocycles. The van der Waals surface area contributed by atoms with E-state index in [1.165, 1.54) is 6.92 Å². The molecule has 0 bridgehead atoms. The van der Waals surface area contributed by atoms with Crippen LogP contribution in [0, 0.1) is 6.92 Å². The Morgan fingerprint density at radius 3 is 2.65 bits per heavy atom. The van der Waals surface area contributed by atoms with Crippen molar-refractivity contribution in [2.24, 2.45) is 0 Å². The van der Waals surface area contributed by atoms with Crippen LogP contribution in [0.25, 0.3) is 10.9 Å². The first-order valence-corrected chi connectivity index (χ1v) is 10.2. The van der Waals surface area contributed by atoms with Gasteiger partial charge in [-0.3, -0.25) is 9.69 Å². The number of carbonyl (C=O) groups excluding carboxylic acids is 2. The van der Waals surface area contributed by atoms with Crippen LogP contribution in [0.5, 0.6) is 0 Å². The summed E-state index contributed by atoms with van der Waals surface area (Å²) >= 11 is 3.09. The summed E-state index contributed by atoms with van der Waals surface area (Å²) in [5.41, 5.74) is -0.621. The van der Waals surface area contributed by atoms with Gasteiger partial charge in [0.05, 0.1) is 23.7 Å². The monoisotopic (exact) mass is 505 g/mol. The van der Waals surface area contributed by atoms with E-state index in [2.05, 4.69) is 21.0 Å². The van der Waals surface area contributed by atoms with Crippen LogP contribution in [0.2, 0.25) is 0 Å². The molecule has 1 aliphatic rings. The van der Waals surface area contributed by atoms with Gasteiger partial charge in [0.2, 0.25) is 6.04 Å². The van der Waals surface area contributed by atoms with E-state index in [4.69, 9.17) is 4.74 Å². The van der Waals surface area contributed by atoms with Crippen molar-refractivity contribution in [1.29, 1.82) is 0 Å². The zero-order valence-electron chi connectivity index (χ0n) is 16.6. The molecule has 2 heterocycles. The van der Waals surface area contributed by atoms with Crippen LogP contribution in [-0.2, 0) is 20.5 Å². The molecule has 0 radical (unpaired) electrons. The van der Waals surface area contributed by atoms with E-state index < -0.39 is 41.7 Å². The molecule has 168 valence electrons. The number of likely N-dealkylation sites (tertiary alicyclic amines) is 1. The highest BCUT2D eigenvalue weighted by Gasteiger charge is 2.43. The molecule has 1 aliphatic heterocycles. The summed E-state index contributed by atoms with van der Waals surface area (Å²) in [6.45, 7) is 3.11. The van der Waals surface area contributed by atoms with Crippen LogP contribution >= 0.6 is 15.9 Å². The molecule has 0 spiro atoms. The molecule has 1 amide bonds. The first-order valence-electron chi connectivity index (χ1n) is 9.42. The van der Waals surface area contributed by atoms with Crippen LogP contribution < -0.4 is 0 Å². The normalized spacial score (nSPS) is 17.7. The van der Waals surface area contributed by atoms with Gasteiger partial charge < -0.3 is 9.84 Å². The second kappa shape index (κ2) is 8.48. The number of rotatable bonds is 5. The molecule has 12 heteroatoms. The fourth-order valence-electron chi connectivity index (χ4n) is 3.71. The van der Waals surface area contributed by atoms with Crippen molar-refractivity contribution in [1.82, 2.24) is 14.7 Å². The Labute approximate surface area is 183 Å². The van der Waals surface area contributed by atoms with Gasteiger partial charge in [0.1, 0.15) is 0 Å². The smallest absolute Gasteiger partial charge is 0.417 e. The van der Waals surface area contributed by atoms with Crippen LogP contribution in [0.1, 0.15) is 36.9 Å². The number of fused-ring (bicyclic) bond motifs is 1. The van der Waals surface area contributed by atoms with Crippen molar-refractivity contribution in [3.8, 4) is 0 Å². The average Bonchev–Trinajstić information content (AvgIpc) is 3.31. The number of aryl methyl sites for hydroxylation is 1. The van der Waals surface area contributed by atoms with E-state index in [-0.39, 0.29) is 34.9 Å². The van der Waals surface area contributed by atoms with Gasteiger partial charge in [0.15, 0.2) is 5.78 Å². The molecule has 31 heavy (non-hydrogen) atoms. The largest absolute Gasteiger partial charge is 0.465 e. The summed E-state index contributed by atoms with van der Waals surface area (Å²) in [5, 5.41) is 13.2. The molecule has 3 rings (SSSR count). The van der Waals surface area contributed by atoms with E-state index >= 15 is 0 Å². The maximum atomic E-state index is 13.6. The van der Waals surface area contributed by atoms with E-state index in [0.717, 1.165) is 21.8 Å². The number of hydrogen-bond acceptors (Lipinski definition) is 5. The summed E-state index contributed by atoms with van der Waals surface area (Å²) in [5.74, 6) is -1.81. The van der Waals surface area contributed by atoms with E-state index in [0.29, 0.717) is 12.0 Å². The summed E-state index contributed by atoms with van der Waals surface area (Å²) in [6.07, 6.45) is -4.42. The molecule has 1 unspecified atom stereocenters. The van der Waals surface area contributed by atoms with Gasteiger partial charge in [-0.25, -0.2) is 14.3 Å². The third kappa shape index (κ3) is 4.25. The molecular weight excluding hydrogens is 487 g/mol. The van der Waals surface area contributed by atoms with E-state index in [9.17, 15) is 32.7 Å². The number of aromatic nitrogens is 2. The van der Waals surface area contributed by atoms with E-state index in [1.54, 1.807) is 6.92 Å². The summed E-state index contributed by atoms with van der Waals surface area (Å²) in [7, 11) is 0. The van der Waals surface area contributed by atoms with Gasteiger partial charge in [-0.05, 0) is 38.3 Å². The lowest BCUT2D eigenvalue weighted by molar-refractivity contribution is -0.152. The molecule has 2 aromatic rings. The number of esters is 1. The van der Waals surface area contributed by atoms with Crippen molar-refractivity contribution in [3.05, 3.63) is 27.9 Å². The molecule has 1 N–H and O–H groups in total. The van der Waals surface area contributed by atoms with Crippen molar-refractivity contribution in [2.45, 2.75) is 44.9 Å². The van der Waals surface area contributed by atoms with Crippen molar-refractivity contribution >= 4 is 44.7 Å². The maximum Gasteiger partial charge on any atom is 0.417 e. The Bertz CT molecular complexity index is 1050. The van der Waals surface area contributed by atoms with Gasteiger partial charge in [-0.1, -0.05) is 15.9 Å². The Kier molecular flexibility index (Phi) is 6.30. The van der Waals surface area contributed by atoms with Crippen molar-refractivity contribution in [3.63, 3.8) is 0 Å². The third-order valence-electron chi connectivity index (χ3n) is 5.18. The molecule has 1 aromatic heterocycles. The molecule has 1 fully saturated rings. The second-order valence-corrected chi connectivity index (χ2v) is 7.95. The lowest BCUT2D eigenvalue weighted by Gasteiger charge is -2.24. The average molecular weight is 506 g/mol. The fourth-order valence-corrected chi connectivity index (χ4v) is 4.12. The molecule has 0 saturated carbocycles. The summed E-state index contributed by atoms with van der Waals surface area (Å²) in [4.78, 5) is 38.2. The highest BCUT2D eigenvalue weighted by molar-refractivity contribution is 9.10. The minimum Gasteiger partial charge on any atom is -0.465 e. The Morgan fingerprint density at radius 2 is 2.06 bits per heavy atom. The van der Waals surface area contributed by atoms with Crippen LogP contribution in [0.3, 0.4) is 0 Å². The van der Waals surface area contributed by atoms with Gasteiger partial charge in [-0.15, -0.1) is 0 Å². The minimum absolute atomic E-state index is 0.0367. The zero-order chi connectivity index (χ0) is 23.1. The molecule has 1 saturated heterocycles. The Hall–Kier alpha value is -2.63. The molecular formula is C19H19BrF3N3O5. The fraction of sp³-hybridized carbons (Fsp3) is 0.474. The predicted octanol–water partition coefficient (Wildman–Crippen LogP) is 3.94. The van der Waals surface area contributed by atoms with Gasteiger partial charge in [0.25, 0.3) is 0 Å². The number of hydrogen-bond donors (Lipinski definition) is 1. The Balaban J connectivity index is 2.16. The van der Waals surface area contributed by atoms with Crippen molar-refractivity contribution in [2.75, 3.05) is 13.2 Å². The first kappa shape index (κ1) is 23.0. The zero-order valence-corrected chi connectivity index (χ0v) is 18.2. The van der Waals surface area contributed by atoms with Gasteiger partial charge >= 0.3 is 18.2 Å². The minimum atomic E-state index is -4.70.